The lowest BCUT2D eigenvalue weighted by atomic mass is 9.81. The van der Waals surface area contributed by atoms with Gasteiger partial charge in [-0.1, -0.05) is 18.5 Å². The van der Waals surface area contributed by atoms with Crippen molar-refractivity contribution in [1.29, 1.82) is 0 Å². The number of aromatic nitrogens is 1. The van der Waals surface area contributed by atoms with Crippen molar-refractivity contribution in [2.24, 2.45) is 11.8 Å². The molecule has 1 aliphatic rings. The van der Waals surface area contributed by atoms with Gasteiger partial charge in [-0.05, 0) is 65.0 Å². The first kappa shape index (κ1) is 19.0. The van der Waals surface area contributed by atoms with Gasteiger partial charge >= 0.3 is 0 Å². The number of aryl methyl sites for hydroxylation is 1. The van der Waals surface area contributed by atoms with Crippen molar-refractivity contribution >= 4 is 5.91 Å². The van der Waals surface area contributed by atoms with Crippen molar-refractivity contribution in [3.05, 3.63) is 17.5 Å². The van der Waals surface area contributed by atoms with Crippen molar-refractivity contribution in [2.75, 3.05) is 13.1 Å². The SMILES string of the molecule is CCCCc1cc(C[C@@H]2CNCC[C@H]2CC(=O)NC(C)(C)C)no1. The molecular weight excluding hydrogens is 302 g/mol. The van der Waals surface area contributed by atoms with Crippen LogP contribution in [0.5, 0.6) is 0 Å². The molecule has 0 radical (unpaired) electrons. The van der Waals surface area contributed by atoms with Crippen LogP contribution in [0.1, 0.15) is 64.8 Å². The van der Waals surface area contributed by atoms with E-state index in [0.29, 0.717) is 18.3 Å². The summed E-state index contributed by atoms with van der Waals surface area (Å²) in [4.78, 5) is 12.3. The highest BCUT2D eigenvalue weighted by atomic mass is 16.5. The Bertz CT molecular complexity index is 519. The lowest BCUT2D eigenvalue weighted by Gasteiger charge is -2.32. The minimum absolute atomic E-state index is 0.156. The molecule has 2 heterocycles. The first-order valence-corrected chi connectivity index (χ1v) is 9.33. The standard InChI is InChI=1S/C19H33N3O2/c1-5-6-7-17-12-16(22-24-17)10-15-13-20-9-8-14(15)11-18(23)21-19(2,3)4/h12,14-15,20H,5-11,13H2,1-4H3,(H,21,23)/t14-,15+/m0/s1. The fraction of sp³-hybridized carbons (Fsp3) is 0.789. The average molecular weight is 335 g/mol. The maximum atomic E-state index is 12.3. The van der Waals surface area contributed by atoms with E-state index in [-0.39, 0.29) is 11.4 Å². The van der Waals surface area contributed by atoms with Crippen molar-refractivity contribution < 1.29 is 9.32 Å². The summed E-state index contributed by atoms with van der Waals surface area (Å²) in [5.41, 5.74) is 0.857. The molecule has 1 aromatic rings. The van der Waals surface area contributed by atoms with Crippen molar-refractivity contribution in [3.63, 3.8) is 0 Å². The fourth-order valence-electron chi connectivity index (χ4n) is 3.38. The molecule has 0 spiro atoms. The summed E-state index contributed by atoms with van der Waals surface area (Å²) >= 11 is 0. The van der Waals surface area contributed by atoms with E-state index in [1.807, 2.05) is 20.8 Å². The summed E-state index contributed by atoms with van der Waals surface area (Å²) in [7, 11) is 0. The van der Waals surface area contributed by atoms with Gasteiger partial charge in [-0.2, -0.15) is 0 Å². The van der Waals surface area contributed by atoms with Crippen molar-refractivity contribution in [1.82, 2.24) is 15.8 Å². The molecule has 0 unspecified atom stereocenters. The van der Waals surface area contributed by atoms with Gasteiger partial charge in [-0.25, -0.2) is 0 Å². The van der Waals surface area contributed by atoms with Crippen LogP contribution in [0.2, 0.25) is 0 Å². The molecular formula is C19H33N3O2. The quantitative estimate of drug-likeness (QED) is 0.803. The third-order valence-electron chi connectivity index (χ3n) is 4.58. The number of carbonyl (C=O) groups is 1. The predicted molar refractivity (Wildman–Crippen MR) is 95.8 cm³/mol. The molecule has 1 aromatic heterocycles. The largest absolute Gasteiger partial charge is 0.361 e. The molecule has 0 aliphatic carbocycles. The molecule has 0 aromatic carbocycles. The van der Waals surface area contributed by atoms with Crippen LogP contribution >= 0.6 is 0 Å². The number of carbonyl (C=O) groups excluding carboxylic acids is 1. The van der Waals surface area contributed by atoms with Gasteiger partial charge in [0.15, 0.2) is 0 Å². The van der Waals surface area contributed by atoms with Gasteiger partial charge in [0, 0.05) is 24.4 Å². The Morgan fingerprint density at radius 1 is 1.42 bits per heavy atom. The minimum atomic E-state index is -0.167. The highest BCUT2D eigenvalue weighted by Crippen LogP contribution is 2.26. The van der Waals surface area contributed by atoms with E-state index in [1.54, 1.807) is 0 Å². The summed E-state index contributed by atoms with van der Waals surface area (Å²) in [6.07, 6.45) is 5.79. The van der Waals surface area contributed by atoms with Crippen LogP contribution in [0.15, 0.2) is 10.6 Å². The zero-order valence-corrected chi connectivity index (χ0v) is 15.7. The molecule has 0 bridgehead atoms. The van der Waals surface area contributed by atoms with E-state index < -0.39 is 0 Å². The highest BCUT2D eigenvalue weighted by molar-refractivity contribution is 5.76. The Kier molecular flexibility index (Phi) is 6.84. The Balaban J connectivity index is 1.91. The summed E-state index contributed by atoms with van der Waals surface area (Å²) in [6, 6.07) is 2.09. The maximum Gasteiger partial charge on any atom is 0.220 e. The molecule has 136 valence electrons. The van der Waals surface area contributed by atoms with Crippen LogP contribution in [0, 0.1) is 11.8 Å². The molecule has 2 atom stereocenters. The summed E-state index contributed by atoms with van der Waals surface area (Å²) in [5.74, 6) is 1.99. The van der Waals surface area contributed by atoms with E-state index in [0.717, 1.165) is 56.6 Å². The van der Waals surface area contributed by atoms with Gasteiger partial charge in [0.25, 0.3) is 0 Å². The second kappa shape index (κ2) is 8.65. The van der Waals surface area contributed by atoms with Gasteiger partial charge in [0.05, 0.1) is 5.69 Å². The zero-order valence-electron chi connectivity index (χ0n) is 15.7. The topological polar surface area (TPSA) is 67.2 Å². The number of amides is 1. The second-order valence-electron chi connectivity index (χ2n) is 8.11. The normalized spacial score (nSPS) is 21.7. The lowest BCUT2D eigenvalue weighted by Crippen LogP contribution is -2.44. The zero-order chi connectivity index (χ0) is 17.6. The number of unbranched alkanes of at least 4 members (excludes halogenated alkanes) is 1. The van der Waals surface area contributed by atoms with Crippen LogP contribution in [-0.2, 0) is 17.6 Å². The third-order valence-corrected chi connectivity index (χ3v) is 4.58. The second-order valence-corrected chi connectivity index (χ2v) is 8.11. The van der Waals surface area contributed by atoms with Gasteiger partial charge in [-0.15, -0.1) is 0 Å². The van der Waals surface area contributed by atoms with Gasteiger partial charge < -0.3 is 15.2 Å². The van der Waals surface area contributed by atoms with Gasteiger partial charge in [-0.3, -0.25) is 4.79 Å². The molecule has 1 fully saturated rings. The van der Waals surface area contributed by atoms with E-state index in [9.17, 15) is 4.79 Å². The number of nitrogens with zero attached hydrogens (tertiary/aromatic N) is 1. The number of hydrogen-bond donors (Lipinski definition) is 2. The Hall–Kier alpha value is -1.36. The van der Waals surface area contributed by atoms with E-state index >= 15 is 0 Å². The Morgan fingerprint density at radius 3 is 2.92 bits per heavy atom. The first-order chi connectivity index (χ1) is 11.4. The molecule has 0 saturated carbocycles. The fourth-order valence-corrected chi connectivity index (χ4v) is 3.38. The number of piperidine rings is 1. The summed E-state index contributed by atoms with van der Waals surface area (Å²) in [5, 5.41) is 10.8. The van der Waals surface area contributed by atoms with Gasteiger partial charge in [0.1, 0.15) is 5.76 Å². The maximum absolute atomic E-state index is 12.3. The highest BCUT2D eigenvalue weighted by Gasteiger charge is 2.29. The number of hydrogen-bond acceptors (Lipinski definition) is 4. The van der Waals surface area contributed by atoms with Crippen LogP contribution < -0.4 is 10.6 Å². The Morgan fingerprint density at radius 2 is 2.21 bits per heavy atom. The first-order valence-electron chi connectivity index (χ1n) is 9.33. The van der Waals surface area contributed by atoms with Gasteiger partial charge in [0.2, 0.25) is 5.91 Å². The number of nitrogens with one attached hydrogen (secondary N) is 2. The monoisotopic (exact) mass is 335 g/mol. The molecule has 2 rings (SSSR count). The van der Waals surface area contributed by atoms with E-state index in [1.165, 1.54) is 0 Å². The van der Waals surface area contributed by atoms with Crippen molar-refractivity contribution in [3.8, 4) is 0 Å². The summed E-state index contributed by atoms with van der Waals surface area (Å²) < 4.78 is 5.44. The lowest BCUT2D eigenvalue weighted by molar-refractivity contribution is -0.124. The van der Waals surface area contributed by atoms with Crippen LogP contribution in [0.4, 0.5) is 0 Å². The molecule has 1 aliphatic heterocycles. The molecule has 5 nitrogen and oxygen atoms in total. The predicted octanol–water partition coefficient (Wildman–Crippen LogP) is 3.09. The molecule has 1 amide bonds. The number of rotatable bonds is 7. The van der Waals surface area contributed by atoms with E-state index in [4.69, 9.17) is 4.52 Å². The molecule has 2 N–H and O–H groups in total. The van der Waals surface area contributed by atoms with Crippen LogP contribution in [0.3, 0.4) is 0 Å². The summed E-state index contributed by atoms with van der Waals surface area (Å²) in [6.45, 7) is 10.2. The molecule has 5 heteroatoms. The van der Waals surface area contributed by atoms with Crippen molar-refractivity contribution in [2.45, 2.75) is 71.8 Å². The molecule has 24 heavy (non-hydrogen) atoms. The molecule has 1 saturated heterocycles. The third kappa shape index (κ3) is 6.27. The average Bonchev–Trinajstić information content (AvgIpc) is 2.93. The van der Waals surface area contributed by atoms with Crippen LogP contribution in [-0.4, -0.2) is 29.7 Å². The Labute approximate surface area is 145 Å². The van der Waals surface area contributed by atoms with E-state index in [2.05, 4.69) is 28.8 Å². The van der Waals surface area contributed by atoms with Crippen LogP contribution in [0.25, 0.3) is 0 Å². The smallest absolute Gasteiger partial charge is 0.220 e. The minimum Gasteiger partial charge on any atom is -0.361 e.